The highest BCUT2D eigenvalue weighted by Crippen LogP contribution is 2.25. The van der Waals surface area contributed by atoms with E-state index < -0.39 is 10.9 Å². The average Bonchev–Trinajstić information content (AvgIpc) is 2.78. The zero-order chi connectivity index (χ0) is 21.1. The van der Waals surface area contributed by atoms with Crippen molar-refractivity contribution in [2.75, 3.05) is 42.6 Å². The van der Waals surface area contributed by atoms with E-state index in [9.17, 15) is 14.9 Å². The van der Waals surface area contributed by atoms with Gasteiger partial charge in [-0.05, 0) is 31.2 Å². The van der Waals surface area contributed by atoms with E-state index in [4.69, 9.17) is 9.72 Å². The molecule has 0 amide bonds. The fraction of sp³-hybridized carbons (Fsp3) is 0.286. The van der Waals surface area contributed by atoms with Gasteiger partial charge in [0.25, 0.3) is 5.69 Å². The normalized spacial score (nSPS) is 14.0. The molecule has 1 aliphatic heterocycles. The monoisotopic (exact) mass is 407 g/mol. The number of carbonyl (C=O) groups is 1. The van der Waals surface area contributed by atoms with Crippen LogP contribution in [-0.2, 0) is 4.74 Å². The van der Waals surface area contributed by atoms with Crippen LogP contribution in [-0.4, -0.2) is 53.6 Å². The van der Waals surface area contributed by atoms with Crippen LogP contribution in [0.5, 0.6) is 0 Å². The molecular weight excluding hydrogens is 386 g/mol. The molecule has 4 rings (SSSR count). The lowest BCUT2D eigenvalue weighted by atomic mass is 10.2. The maximum Gasteiger partial charge on any atom is 0.360 e. The minimum atomic E-state index is -0.483. The lowest BCUT2D eigenvalue weighted by Gasteiger charge is -2.37. The summed E-state index contributed by atoms with van der Waals surface area (Å²) in [4.78, 5) is 36.4. The van der Waals surface area contributed by atoms with E-state index in [-0.39, 0.29) is 18.0 Å². The van der Waals surface area contributed by atoms with E-state index in [1.165, 1.54) is 12.1 Å². The molecule has 0 atom stereocenters. The first-order chi connectivity index (χ1) is 14.6. The third-order valence-corrected chi connectivity index (χ3v) is 5.03. The minimum Gasteiger partial charge on any atom is -0.461 e. The van der Waals surface area contributed by atoms with E-state index >= 15 is 0 Å². The van der Waals surface area contributed by atoms with Gasteiger partial charge < -0.3 is 14.5 Å². The first-order valence-corrected chi connectivity index (χ1v) is 9.75. The number of carbonyl (C=O) groups excluding carboxylic acids is 1. The molecule has 9 heteroatoms. The number of nitro groups is 1. The van der Waals surface area contributed by atoms with Gasteiger partial charge in [0.15, 0.2) is 11.5 Å². The van der Waals surface area contributed by atoms with Crippen molar-refractivity contribution < 1.29 is 14.5 Å². The predicted molar refractivity (Wildman–Crippen MR) is 113 cm³/mol. The Morgan fingerprint density at radius 3 is 2.20 bits per heavy atom. The molecule has 0 spiro atoms. The summed E-state index contributed by atoms with van der Waals surface area (Å²) < 4.78 is 5.20. The molecule has 1 aliphatic rings. The van der Waals surface area contributed by atoms with Gasteiger partial charge >= 0.3 is 5.97 Å². The highest BCUT2D eigenvalue weighted by molar-refractivity contribution is 5.95. The molecule has 2 aromatic carbocycles. The van der Waals surface area contributed by atoms with Crippen LogP contribution >= 0.6 is 0 Å². The van der Waals surface area contributed by atoms with Crippen LogP contribution in [0.2, 0.25) is 0 Å². The zero-order valence-electron chi connectivity index (χ0n) is 16.5. The van der Waals surface area contributed by atoms with E-state index in [2.05, 4.69) is 9.88 Å². The Balaban J connectivity index is 1.57. The number of non-ortho nitro benzene ring substituents is 1. The number of hydrogen-bond acceptors (Lipinski definition) is 8. The summed E-state index contributed by atoms with van der Waals surface area (Å²) >= 11 is 0. The van der Waals surface area contributed by atoms with Gasteiger partial charge in [-0.2, -0.15) is 0 Å². The highest BCUT2D eigenvalue weighted by atomic mass is 16.6. The first kappa shape index (κ1) is 19.6. The van der Waals surface area contributed by atoms with E-state index in [1.807, 2.05) is 29.2 Å². The number of rotatable bonds is 5. The van der Waals surface area contributed by atoms with Gasteiger partial charge in [0.05, 0.1) is 22.6 Å². The van der Waals surface area contributed by atoms with Crippen molar-refractivity contribution in [2.45, 2.75) is 6.92 Å². The highest BCUT2D eigenvalue weighted by Gasteiger charge is 2.26. The van der Waals surface area contributed by atoms with Gasteiger partial charge in [-0.15, -0.1) is 0 Å². The second-order valence-corrected chi connectivity index (χ2v) is 6.85. The molecule has 0 bridgehead atoms. The van der Waals surface area contributed by atoms with Crippen molar-refractivity contribution in [3.05, 3.63) is 64.3 Å². The Morgan fingerprint density at radius 2 is 1.60 bits per heavy atom. The number of hydrogen-bond donors (Lipinski definition) is 0. The van der Waals surface area contributed by atoms with Crippen molar-refractivity contribution in [2.24, 2.45) is 0 Å². The topological polar surface area (TPSA) is 102 Å². The summed E-state index contributed by atoms with van der Waals surface area (Å²) in [6, 6.07) is 14.0. The predicted octanol–water partition coefficient (Wildman–Crippen LogP) is 3.04. The number of anilines is 2. The summed E-state index contributed by atoms with van der Waals surface area (Å²) in [7, 11) is 0. The Labute approximate surface area is 173 Å². The lowest BCUT2D eigenvalue weighted by Crippen LogP contribution is -2.47. The average molecular weight is 407 g/mol. The van der Waals surface area contributed by atoms with Crippen LogP contribution in [0, 0.1) is 10.1 Å². The maximum atomic E-state index is 12.5. The van der Waals surface area contributed by atoms with Crippen LogP contribution in [0.1, 0.15) is 17.4 Å². The Kier molecular flexibility index (Phi) is 5.42. The largest absolute Gasteiger partial charge is 0.461 e. The first-order valence-electron chi connectivity index (χ1n) is 9.75. The van der Waals surface area contributed by atoms with E-state index in [0.717, 1.165) is 11.2 Å². The number of esters is 1. The maximum absolute atomic E-state index is 12.5. The lowest BCUT2D eigenvalue weighted by molar-refractivity contribution is -0.384. The van der Waals surface area contributed by atoms with Gasteiger partial charge in [0.2, 0.25) is 0 Å². The van der Waals surface area contributed by atoms with Crippen molar-refractivity contribution in [1.82, 2.24) is 9.97 Å². The number of aromatic nitrogens is 2. The molecule has 1 fully saturated rings. The molecule has 0 unspecified atom stereocenters. The molecule has 30 heavy (non-hydrogen) atoms. The minimum absolute atomic E-state index is 0.0721. The van der Waals surface area contributed by atoms with Gasteiger partial charge in [-0.3, -0.25) is 10.1 Å². The molecule has 0 aliphatic carbocycles. The number of nitro benzene ring substituents is 1. The van der Waals surface area contributed by atoms with Gasteiger partial charge in [0.1, 0.15) is 0 Å². The van der Waals surface area contributed by atoms with Crippen molar-refractivity contribution in [1.29, 1.82) is 0 Å². The number of nitrogens with zero attached hydrogens (tertiary/aromatic N) is 5. The SMILES string of the molecule is CCOC(=O)c1nc2ccccc2nc1N1CCN(c2ccc([N+](=O)[O-])cc2)CC1. The number of benzene rings is 2. The van der Waals surface area contributed by atoms with E-state index in [0.29, 0.717) is 37.5 Å². The Bertz CT molecular complexity index is 1080. The fourth-order valence-electron chi connectivity index (χ4n) is 3.51. The van der Waals surface area contributed by atoms with Crippen molar-refractivity contribution in [3.63, 3.8) is 0 Å². The molecule has 154 valence electrons. The number of ether oxygens (including phenoxy) is 1. The van der Waals surface area contributed by atoms with Gasteiger partial charge in [-0.25, -0.2) is 14.8 Å². The van der Waals surface area contributed by atoms with Crippen molar-refractivity contribution in [3.8, 4) is 0 Å². The summed E-state index contributed by atoms with van der Waals surface area (Å²) in [6.07, 6.45) is 0. The van der Waals surface area contributed by atoms with E-state index in [1.54, 1.807) is 19.1 Å². The Morgan fingerprint density at radius 1 is 1.00 bits per heavy atom. The number of piperazine rings is 1. The standard InChI is InChI=1S/C21H21N5O4/c1-2-30-21(27)19-20(23-18-6-4-3-5-17(18)22-19)25-13-11-24(12-14-25)15-7-9-16(10-8-15)26(28)29/h3-10H,2,11-14H2,1H3. The second-order valence-electron chi connectivity index (χ2n) is 6.85. The second kappa shape index (κ2) is 8.32. The quantitative estimate of drug-likeness (QED) is 0.361. The summed E-state index contributed by atoms with van der Waals surface area (Å²) in [5.41, 5.74) is 2.59. The van der Waals surface area contributed by atoms with Crippen LogP contribution < -0.4 is 9.80 Å². The molecule has 1 saturated heterocycles. The third-order valence-electron chi connectivity index (χ3n) is 5.03. The number of fused-ring (bicyclic) bond motifs is 1. The molecule has 0 radical (unpaired) electrons. The molecule has 9 nitrogen and oxygen atoms in total. The zero-order valence-corrected chi connectivity index (χ0v) is 16.5. The Hall–Kier alpha value is -3.75. The van der Waals surface area contributed by atoms with Gasteiger partial charge in [0, 0.05) is 44.0 Å². The fourth-order valence-corrected chi connectivity index (χ4v) is 3.51. The van der Waals surface area contributed by atoms with Crippen LogP contribution in [0.3, 0.4) is 0 Å². The van der Waals surface area contributed by atoms with Crippen LogP contribution in [0.15, 0.2) is 48.5 Å². The molecule has 0 saturated carbocycles. The summed E-state index contributed by atoms with van der Waals surface area (Å²) in [6.45, 7) is 4.67. The van der Waals surface area contributed by atoms with Crippen LogP contribution in [0.25, 0.3) is 11.0 Å². The third kappa shape index (κ3) is 3.86. The summed E-state index contributed by atoms with van der Waals surface area (Å²) in [5.74, 6) is 0.0408. The molecule has 1 aromatic heterocycles. The van der Waals surface area contributed by atoms with Crippen LogP contribution in [0.4, 0.5) is 17.2 Å². The number of para-hydroxylation sites is 2. The van der Waals surface area contributed by atoms with Crippen molar-refractivity contribution >= 4 is 34.2 Å². The molecule has 2 heterocycles. The smallest absolute Gasteiger partial charge is 0.360 e. The molecular formula is C21H21N5O4. The molecule has 3 aromatic rings. The van der Waals surface area contributed by atoms with Gasteiger partial charge in [-0.1, -0.05) is 12.1 Å². The summed E-state index contributed by atoms with van der Waals surface area (Å²) in [5, 5.41) is 10.8. The molecule has 0 N–H and O–H groups in total.